The van der Waals surface area contributed by atoms with Crippen LogP contribution in [0.25, 0.3) is 0 Å². The average molecular weight is 320 g/mol. The van der Waals surface area contributed by atoms with E-state index in [4.69, 9.17) is 9.31 Å². The monoisotopic (exact) mass is 320 g/mol. The van der Waals surface area contributed by atoms with Crippen LogP contribution in [0.15, 0.2) is 30.3 Å². The van der Waals surface area contributed by atoms with Gasteiger partial charge in [-0.25, -0.2) is 4.39 Å². The first-order chi connectivity index (χ1) is 10.8. The first kappa shape index (κ1) is 16.9. The molecule has 1 aromatic rings. The minimum absolute atomic E-state index is 0.371. The quantitative estimate of drug-likeness (QED) is 0.623. The number of hydrogen-bond donors (Lipinski definition) is 0. The van der Waals surface area contributed by atoms with Crippen molar-refractivity contribution in [1.29, 1.82) is 0 Å². The summed E-state index contributed by atoms with van der Waals surface area (Å²) in [7, 11) is 1.46. The first-order valence-electron chi connectivity index (χ1n) is 8.28. The fourth-order valence-electron chi connectivity index (χ4n) is 3.22. The van der Waals surface area contributed by atoms with Gasteiger partial charge in [-0.2, -0.15) is 0 Å². The maximum absolute atomic E-state index is 14.0. The normalized spacial score (nSPS) is 32.4. The van der Waals surface area contributed by atoms with Gasteiger partial charge in [0.2, 0.25) is 0 Å². The predicted octanol–water partition coefficient (Wildman–Crippen LogP) is 1.51. The number of hydrogen-bond acceptors (Lipinski definition) is 4. The number of rotatable bonds is 3. The summed E-state index contributed by atoms with van der Waals surface area (Å²) in [5.41, 5.74) is 0.0947. The smallest absolute Gasteiger partial charge is 0.399 e. The minimum Gasteiger partial charge on any atom is -0.399 e. The Morgan fingerprint density at radius 2 is 1.87 bits per heavy atom. The molecule has 2 fully saturated rings. The second-order valence-electron chi connectivity index (χ2n) is 7.37. The van der Waals surface area contributed by atoms with E-state index in [1.807, 2.05) is 37.4 Å². The van der Waals surface area contributed by atoms with Gasteiger partial charge in [0, 0.05) is 26.2 Å². The molecule has 3 rings (SSSR count). The Kier molecular flexibility index (Phi) is 4.53. The second kappa shape index (κ2) is 6.17. The highest BCUT2D eigenvalue weighted by molar-refractivity contribution is 6.62. The maximum Gasteiger partial charge on any atom is 0.494 e. The molecule has 2 aliphatic heterocycles. The predicted molar refractivity (Wildman–Crippen MR) is 90.5 cm³/mol. The van der Waals surface area contributed by atoms with Gasteiger partial charge in [0.05, 0.1) is 11.2 Å². The lowest BCUT2D eigenvalue weighted by Crippen LogP contribution is -2.58. The molecule has 2 heterocycles. The van der Waals surface area contributed by atoms with E-state index in [0.29, 0.717) is 13.1 Å². The van der Waals surface area contributed by atoms with E-state index in [0.717, 1.165) is 18.6 Å². The molecule has 126 valence electrons. The van der Waals surface area contributed by atoms with Crippen LogP contribution in [0.2, 0.25) is 0 Å². The third kappa shape index (κ3) is 3.31. The Balaban J connectivity index is 1.72. The summed E-state index contributed by atoms with van der Waals surface area (Å²) in [4.78, 5) is 3.89. The Morgan fingerprint density at radius 1 is 1.17 bits per heavy atom. The van der Waals surface area contributed by atoms with Crippen molar-refractivity contribution < 1.29 is 13.7 Å². The van der Waals surface area contributed by atoms with Gasteiger partial charge in [-0.05, 0) is 33.3 Å². The van der Waals surface area contributed by atoms with Gasteiger partial charge in [-0.1, -0.05) is 30.3 Å². The zero-order chi connectivity index (χ0) is 16.7. The zero-order valence-corrected chi connectivity index (χ0v) is 14.5. The van der Waals surface area contributed by atoms with Crippen molar-refractivity contribution in [3.8, 4) is 0 Å². The molecule has 2 saturated heterocycles. The summed E-state index contributed by atoms with van der Waals surface area (Å²) < 4.78 is 26.5. The lowest BCUT2D eigenvalue weighted by molar-refractivity contribution is -0.0596. The Hall–Kier alpha value is -0.945. The van der Waals surface area contributed by atoms with Crippen LogP contribution < -0.4 is 5.46 Å². The molecule has 0 bridgehead atoms. The van der Waals surface area contributed by atoms with Crippen LogP contribution in [0.5, 0.6) is 0 Å². The van der Waals surface area contributed by atoms with Gasteiger partial charge in [0.15, 0.2) is 6.30 Å². The Morgan fingerprint density at radius 3 is 2.52 bits per heavy atom. The molecule has 0 aliphatic carbocycles. The Bertz CT molecular complexity index is 545. The fraction of sp³-hybridized carbons (Fsp3) is 0.647. The number of benzene rings is 1. The average Bonchev–Trinajstić information content (AvgIpc) is 2.74. The van der Waals surface area contributed by atoms with Crippen LogP contribution in [0, 0.1) is 0 Å². The van der Waals surface area contributed by atoms with Crippen molar-refractivity contribution in [3.05, 3.63) is 30.3 Å². The molecule has 23 heavy (non-hydrogen) atoms. The summed E-state index contributed by atoms with van der Waals surface area (Å²) in [5.74, 6) is 0. The zero-order valence-electron chi connectivity index (χ0n) is 14.5. The van der Waals surface area contributed by atoms with Gasteiger partial charge in [0.25, 0.3) is 0 Å². The standard InChI is InChI=1S/C17H26BFN2O2/c1-16(2)17(3,13-21-11-10-20(4)15(19)12-21)23-18(22-16)14-8-6-5-7-9-14/h5-9,15H,10-13H2,1-4H3. The van der Waals surface area contributed by atoms with Crippen molar-refractivity contribution in [2.45, 2.75) is 38.3 Å². The van der Waals surface area contributed by atoms with E-state index in [1.165, 1.54) is 0 Å². The molecule has 2 atom stereocenters. The molecular formula is C17H26BFN2O2. The van der Waals surface area contributed by atoms with E-state index < -0.39 is 17.5 Å². The van der Waals surface area contributed by atoms with Gasteiger partial charge < -0.3 is 9.31 Å². The molecule has 0 radical (unpaired) electrons. The van der Waals surface area contributed by atoms with Gasteiger partial charge in [-0.15, -0.1) is 0 Å². The topological polar surface area (TPSA) is 24.9 Å². The molecule has 2 aliphatic rings. The molecule has 2 unspecified atom stereocenters. The van der Waals surface area contributed by atoms with Crippen molar-refractivity contribution in [3.63, 3.8) is 0 Å². The van der Waals surface area contributed by atoms with Gasteiger partial charge in [0.1, 0.15) is 0 Å². The van der Waals surface area contributed by atoms with E-state index >= 15 is 0 Å². The van der Waals surface area contributed by atoms with Crippen molar-refractivity contribution in [1.82, 2.24) is 9.80 Å². The van der Waals surface area contributed by atoms with Crippen LogP contribution >= 0.6 is 0 Å². The number of likely N-dealkylation sites (N-methyl/N-ethyl adjacent to an activating group) is 1. The van der Waals surface area contributed by atoms with Crippen LogP contribution in [-0.4, -0.2) is 67.6 Å². The number of piperazine rings is 1. The number of alkyl halides is 1. The van der Waals surface area contributed by atoms with Crippen LogP contribution in [-0.2, 0) is 9.31 Å². The van der Waals surface area contributed by atoms with Crippen LogP contribution in [0.4, 0.5) is 4.39 Å². The maximum atomic E-state index is 14.0. The molecule has 0 spiro atoms. The third-order valence-corrected chi connectivity index (χ3v) is 5.30. The van der Waals surface area contributed by atoms with Crippen molar-refractivity contribution in [2.75, 3.05) is 33.2 Å². The summed E-state index contributed by atoms with van der Waals surface area (Å²) in [5, 5.41) is 0. The lowest BCUT2D eigenvalue weighted by Gasteiger charge is -2.43. The molecule has 0 amide bonds. The largest absolute Gasteiger partial charge is 0.494 e. The lowest BCUT2D eigenvalue weighted by atomic mass is 9.79. The Labute approximate surface area is 138 Å². The first-order valence-corrected chi connectivity index (χ1v) is 8.28. The summed E-state index contributed by atoms with van der Waals surface area (Å²) in [6.07, 6.45) is -0.914. The van der Waals surface area contributed by atoms with E-state index in [1.54, 1.807) is 4.90 Å². The minimum atomic E-state index is -0.914. The molecule has 6 heteroatoms. The SMILES string of the molecule is CN1CCN(CC2(C)OB(c3ccccc3)OC2(C)C)CC1F. The van der Waals surface area contributed by atoms with E-state index in [-0.39, 0.29) is 7.12 Å². The molecule has 0 aromatic heterocycles. The number of nitrogens with zero attached hydrogens (tertiary/aromatic N) is 2. The van der Waals surface area contributed by atoms with Crippen LogP contribution in [0.3, 0.4) is 0 Å². The summed E-state index contributed by atoms with van der Waals surface area (Å²) in [6, 6.07) is 9.98. The fourth-order valence-corrected chi connectivity index (χ4v) is 3.22. The molecular weight excluding hydrogens is 294 g/mol. The van der Waals surface area contributed by atoms with Crippen molar-refractivity contribution in [2.24, 2.45) is 0 Å². The molecule has 0 N–H and O–H groups in total. The van der Waals surface area contributed by atoms with Gasteiger partial charge in [-0.3, -0.25) is 9.80 Å². The summed E-state index contributed by atoms with van der Waals surface area (Å²) in [6.45, 7) is 8.85. The van der Waals surface area contributed by atoms with E-state index in [9.17, 15) is 4.39 Å². The second-order valence-corrected chi connectivity index (χ2v) is 7.37. The van der Waals surface area contributed by atoms with Crippen LogP contribution in [0.1, 0.15) is 20.8 Å². The van der Waals surface area contributed by atoms with Crippen molar-refractivity contribution >= 4 is 12.6 Å². The van der Waals surface area contributed by atoms with E-state index in [2.05, 4.69) is 25.7 Å². The van der Waals surface area contributed by atoms with Gasteiger partial charge >= 0.3 is 7.12 Å². The molecule has 0 saturated carbocycles. The number of halogens is 1. The highest BCUT2D eigenvalue weighted by Crippen LogP contribution is 2.38. The summed E-state index contributed by atoms with van der Waals surface area (Å²) >= 11 is 0. The highest BCUT2D eigenvalue weighted by Gasteiger charge is 2.55. The molecule has 1 aromatic carbocycles. The third-order valence-electron chi connectivity index (χ3n) is 5.30. The highest BCUT2D eigenvalue weighted by atomic mass is 19.1. The molecule has 4 nitrogen and oxygen atoms in total.